The van der Waals surface area contributed by atoms with E-state index in [1.54, 1.807) is 44.4 Å². The van der Waals surface area contributed by atoms with E-state index in [-0.39, 0.29) is 23.9 Å². The van der Waals surface area contributed by atoms with Crippen LogP contribution in [0.5, 0.6) is 5.75 Å². The Hall–Kier alpha value is -3.07. The molecule has 0 aliphatic heterocycles. The van der Waals surface area contributed by atoms with Crippen molar-refractivity contribution in [2.24, 2.45) is 0 Å². The molecule has 0 saturated carbocycles. The number of nitrogens with zero attached hydrogens (tertiary/aromatic N) is 2. The van der Waals surface area contributed by atoms with Crippen molar-refractivity contribution in [2.45, 2.75) is 65.6 Å². The molecule has 1 unspecified atom stereocenters. The van der Waals surface area contributed by atoms with Crippen LogP contribution in [-0.2, 0) is 31.6 Å². The Bertz CT molecular complexity index is 1150. The first-order chi connectivity index (χ1) is 16.6. The summed E-state index contributed by atoms with van der Waals surface area (Å²) in [6.07, 6.45) is 1.07. The molecule has 0 heterocycles. The van der Waals surface area contributed by atoms with Gasteiger partial charge in [-0.15, -0.1) is 0 Å². The second-order valence-corrected chi connectivity index (χ2v) is 12.2. The van der Waals surface area contributed by atoms with E-state index >= 15 is 0 Å². The summed E-state index contributed by atoms with van der Waals surface area (Å²) in [5, 5.41) is 2.83. The van der Waals surface area contributed by atoms with Crippen LogP contribution in [-0.4, -0.2) is 57.1 Å². The molecule has 2 aromatic rings. The van der Waals surface area contributed by atoms with E-state index in [0.29, 0.717) is 11.4 Å². The maximum Gasteiger partial charge on any atom is 0.244 e. The number of sulfonamides is 1. The quantitative estimate of drug-likeness (QED) is 0.518. The number of rotatable bonds is 10. The van der Waals surface area contributed by atoms with Gasteiger partial charge in [0.25, 0.3) is 0 Å². The van der Waals surface area contributed by atoms with Gasteiger partial charge in [-0.25, -0.2) is 8.42 Å². The minimum Gasteiger partial charge on any atom is -0.497 e. The minimum absolute atomic E-state index is 0.100. The van der Waals surface area contributed by atoms with E-state index in [2.05, 4.69) is 26.1 Å². The van der Waals surface area contributed by atoms with E-state index in [1.807, 2.05) is 32.0 Å². The Balaban J connectivity index is 2.41. The van der Waals surface area contributed by atoms with Crippen molar-refractivity contribution in [3.05, 3.63) is 59.7 Å². The van der Waals surface area contributed by atoms with Crippen molar-refractivity contribution in [3.63, 3.8) is 0 Å². The Morgan fingerprint density at radius 3 is 2.14 bits per heavy atom. The van der Waals surface area contributed by atoms with E-state index in [9.17, 15) is 18.0 Å². The van der Waals surface area contributed by atoms with Gasteiger partial charge in [0, 0.05) is 12.6 Å². The fourth-order valence-electron chi connectivity index (χ4n) is 3.70. The molecule has 0 aliphatic carbocycles. The molecule has 0 fully saturated rings. The average Bonchev–Trinajstić information content (AvgIpc) is 2.78. The van der Waals surface area contributed by atoms with Crippen molar-refractivity contribution >= 4 is 27.5 Å². The zero-order valence-electron chi connectivity index (χ0n) is 22.5. The van der Waals surface area contributed by atoms with Gasteiger partial charge in [0.05, 0.1) is 19.1 Å². The number of carbonyl (C=O) groups excluding carboxylic acids is 2. The maximum absolute atomic E-state index is 13.6. The van der Waals surface area contributed by atoms with Crippen LogP contribution in [0, 0.1) is 0 Å². The van der Waals surface area contributed by atoms with Crippen LogP contribution < -0.4 is 14.4 Å². The molecule has 1 atom stereocenters. The van der Waals surface area contributed by atoms with Crippen LogP contribution in [0.3, 0.4) is 0 Å². The third-order valence-electron chi connectivity index (χ3n) is 5.79. The van der Waals surface area contributed by atoms with Crippen LogP contribution in [0.25, 0.3) is 0 Å². The van der Waals surface area contributed by atoms with Gasteiger partial charge in [-0.1, -0.05) is 45.0 Å². The summed E-state index contributed by atoms with van der Waals surface area (Å²) in [7, 11) is -2.23. The molecule has 36 heavy (non-hydrogen) atoms. The maximum atomic E-state index is 13.6. The summed E-state index contributed by atoms with van der Waals surface area (Å²) in [6.45, 7) is 11.2. The molecule has 0 saturated heterocycles. The zero-order valence-corrected chi connectivity index (χ0v) is 23.3. The molecule has 198 valence electrons. The molecular weight excluding hydrogens is 478 g/mol. The molecule has 0 radical (unpaired) electrons. The first-order valence-electron chi connectivity index (χ1n) is 11.9. The lowest BCUT2D eigenvalue weighted by molar-refractivity contribution is -0.139. The predicted molar refractivity (Wildman–Crippen MR) is 144 cm³/mol. The van der Waals surface area contributed by atoms with Gasteiger partial charge >= 0.3 is 0 Å². The number of hydrogen-bond acceptors (Lipinski definition) is 5. The lowest BCUT2D eigenvalue weighted by Gasteiger charge is -2.32. The van der Waals surface area contributed by atoms with Crippen LogP contribution >= 0.6 is 0 Å². The van der Waals surface area contributed by atoms with Gasteiger partial charge in [0.15, 0.2) is 0 Å². The summed E-state index contributed by atoms with van der Waals surface area (Å²) in [4.78, 5) is 27.8. The zero-order chi connectivity index (χ0) is 27.3. The summed E-state index contributed by atoms with van der Waals surface area (Å²) in [5.41, 5.74) is 2.09. The van der Waals surface area contributed by atoms with E-state index < -0.39 is 28.5 Å². The molecular formula is C27H39N3O5S. The highest BCUT2D eigenvalue weighted by atomic mass is 32.2. The van der Waals surface area contributed by atoms with E-state index in [0.717, 1.165) is 21.7 Å². The molecule has 0 aliphatic rings. The molecule has 2 amide bonds. The number of anilines is 1. The fourth-order valence-corrected chi connectivity index (χ4v) is 4.55. The van der Waals surface area contributed by atoms with Gasteiger partial charge in [-0.05, 0) is 61.6 Å². The van der Waals surface area contributed by atoms with E-state index in [1.165, 1.54) is 4.90 Å². The lowest BCUT2D eigenvalue weighted by atomic mass is 9.87. The smallest absolute Gasteiger partial charge is 0.244 e. The Kier molecular flexibility index (Phi) is 9.54. The number of hydrogen-bond donors (Lipinski definition) is 1. The SMILES string of the molecule is COc1cccc(CN(C(=O)CN(c2ccc(C(C)(C)C)cc2)S(C)(=O)=O)C(C)C(=O)NC(C)C)c1. The number of methoxy groups -OCH3 is 1. The van der Waals surface area contributed by atoms with E-state index in [4.69, 9.17) is 4.74 Å². The van der Waals surface area contributed by atoms with Crippen molar-refractivity contribution in [1.82, 2.24) is 10.2 Å². The monoisotopic (exact) mass is 517 g/mol. The van der Waals surface area contributed by atoms with Crippen molar-refractivity contribution in [2.75, 3.05) is 24.2 Å². The van der Waals surface area contributed by atoms with Crippen molar-refractivity contribution < 1.29 is 22.7 Å². The lowest BCUT2D eigenvalue weighted by Crippen LogP contribution is -2.52. The largest absolute Gasteiger partial charge is 0.497 e. The topological polar surface area (TPSA) is 96.0 Å². The highest BCUT2D eigenvalue weighted by Crippen LogP contribution is 2.26. The van der Waals surface area contributed by atoms with Crippen LogP contribution in [0.15, 0.2) is 48.5 Å². The molecule has 0 spiro atoms. The van der Waals surface area contributed by atoms with Gasteiger partial charge < -0.3 is 15.0 Å². The Morgan fingerprint density at radius 1 is 1.03 bits per heavy atom. The van der Waals surface area contributed by atoms with Gasteiger partial charge in [0.1, 0.15) is 18.3 Å². The third kappa shape index (κ3) is 7.98. The molecule has 2 rings (SSSR count). The molecule has 1 N–H and O–H groups in total. The second-order valence-electron chi connectivity index (χ2n) is 10.3. The molecule has 8 nitrogen and oxygen atoms in total. The minimum atomic E-state index is -3.78. The summed E-state index contributed by atoms with van der Waals surface area (Å²) in [5.74, 6) is -0.188. The van der Waals surface area contributed by atoms with Gasteiger partial charge in [-0.2, -0.15) is 0 Å². The first kappa shape index (κ1) is 29.2. The van der Waals surface area contributed by atoms with Gasteiger partial charge in [0.2, 0.25) is 21.8 Å². The van der Waals surface area contributed by atoms with Crippen molar-refractivity contribution in [3.8, 4) is 5.75 Å². The van der Waals surface area contributed by atoms with Gasteiger partial charge in [-0.3, -0.25) is 13.9 Å². The number of nitrogens with one attached hydrogen (secondary N) is 1. The molecule has 0 bridgehead atoms. The fraction of sp³-hybridized carbons (Fsp3) is 0.481. The molecule has 2 aromatic carbocycles. The number of amides is 2. The highest BCUT2D eigenvalue weighted by Gasteiger charge is 2.30. The third-order valence-corrected chi connectivity index (χ3v) is 6.93. The average molecular weight is 518 g/mol. The van der Waals surface area contributed by atoms with Crippen LogP contribution in [0.2, 0.25) is 0 Å². The molecule has 9 heteroatoms. The predicted octanol–water partition coefficient (Wildman–Crippen LogP) is 3.70. The second kappa shape index (κ2) is 11.8. The standard InChI is InChI=1S/C27H39N3O5S/c1-19(2)28-26(32)20(3)29(17-21-10-9-11-24(16-21)35-7)25(31)18-30(36(8,33)34)23-14-12-22(13-15-23)27(4,5)6/h9-16,19-20H,17-18H2,1-8H3,(H,28,32). The number of carbonyl (C=O) groups is 2. The van der Waals surface area contributed by atoms with Crippen LogP contribution in [0.4, 0.5) is 5.69 Å². The summed E-state index contributed by atoms with van der Waals surface area (Å²) >= 11 is 0. The summed E-state index contributed by atoms with van der Waals surface area (Å²) in [6, 6.07) is 13.4. The van der Waals surface area contributed by atoms with Crippen LogP contribution in [0.1, 0.15) is 52.7 Å². The normalized spacial score (nSPS) is 12.7. The number of benzene rings is 2. The van der Waals surface area contributed by atoms with Crippen molar-refractivity contribution in [1.29, 1.82) is 0 Å². The summed E-state index contributed by atoms with van der Waals surface area (Å²) < 4.78 is 31.8. The molecule has 0 aromatic heterocycles. The Morgan fingerprint density at radius 2 is 1.64 bits per heavy atom. The highest BCUT2D eigenvalue weighted by molar-refractivity contribution is 7.92. The Labute approximate surface area is 215 Å². The number of ether oxygens (including phenoxy) is 1. The first-order valence-corrected chi connectivity index (χ1v) is 13.8.